The minimum absolute atomic E-state index is 0.0406. The fraction of sp³-hybridized carbons (Fsp3) is 0.348. The summed E-state index contributed by atoms with van der Waals surface area (Å²) >= 11 is 0. The van der Waals surface area contributed by atoms with Gasteiger partial charge in [-0.25, -0.2) is 9.18 Å². The molecule has 31 heavy (non-hydrogen) atoms. The molecule has 0 atom stereocenters. The lowest BCUT2D eigenvalue weighted by molar-refractivity contribution is -0.131. The number of carbonyl (C=O) groups is 3. The van der Waals surface area contributed by atoms with Crippen molar-refractivity contribution in [3.8, 4) is 5.75 Å². The molecule has 1 fully saturated rings. The Labute approximate surface area is 180 Å². The minimum atomic E-state index is -0.793. The summed E-state index contributed by atoms with van der Waals surface area (Å²) in [4.78, 5) is 38.0. The molecule has 1 aliphatic rings. The van der Waals surface area contributed by atoms with E-state index in [1.54, 1.807) is 36.1 Å². The van der Waals surface area contributed by atoms with Crippen molar-refractivity contribution in [2.75, 3.05) is 19.7 Å². The van der Waals surface area contributed by atoms with Crippen LogP contribution in [0, 0.1) is 5.82 Å². The average molecular weight is 428 g/mol. The lowest BCUT2D eigenvalue weighted by Crippen LogP contribution is -2.47. The Morgan fingerprint density at radius 2 is 1.81 bits per heavy atom. The van der Waals surface area contributed by atoms with Gasteiger partial charge in [-0.05, 0) is 61.7 Å². The van der Waals surface area contributed by atoms with Gasteiger partial charge >= 0.3 is 6.16 Å². The molecule has 1 aliphatic heterocycles. The molecule has 0 bridgehead atoms. The van der Waals surface area contributed by atoms with E-state index in [0.717, 1.165) is 0 Å². The number of nitrogens with zero attached hydrogens (tertiary/aromatic N) is 1. The summed E-state index contributed by atoms with van der Waals surface area (Å²) < 4.78 is 23.0. The predicted molar refractivity (Wildman–Crippen MR) is 111 cm³/mol. The summed E-state index contributed by atoms with van der Waals surface area (Å²) in [6.45, 7) is 2.96. The highest BCUT2D eigenvalue weighted by molar-refractivity contribution is 5.94. The number of carbonyl (C=O) groups excluding carboxylic acids is 3. The Bertz CT molecular complexity index is 924. The van der Waals surface area contributed by atoms with E-state index >= 15 is 0 Å². The first kappa shape index (κ1) is 22.3. The molecule has 3 rings (SSSR count). The monoisotopic (exact) mass is 428 g/mol. The number of halogens is 1. The summed E-state index contributed by atoms with van der Waals surface area (Å²) in [6.07, 6.45) is 0.656. The Morgan fingerprint density at radius 1 is 1.10 bits per heavy atom. The molecule has 0 unspecified atom stereocenters. The maximum absolute atomic E-state index is 13.3. The molecule has 2 amide bonds. The van der Waals surface area contributed by atoms with E-state index < -0.39 is 6.16 Å². The first-order valence-electron chi connectivity index (χ1n) is 10.2. The number of likely N-dealkylation sites (tertiary alicyclic amines) is 1. The van der Waals surface area contributed by atoms with Crippen molar-refractivity contribution in [1.29, 1.82) is 0 Å². The third-order valence-corrected chi connectivity index (χ3v) is 5.01. The molecule has 2 aromatic rings. The van der Waals surface area contributed by atoms with Gasteiger partial charge in [0.2, 0.25) is 5.91 Å². The molecule has 164 valence electrons. The van der Waals surface area contributed by atoms with Crippen LogP contribution in [0.5, 0.6) is 5.75 Å². The minimum Gasteiger partial charge on any atom is -0.434 e. The maximum Gasteiger partial charge on any atom is 0.513 e. The molecule has 0 aliphatic carbocycles. The van der Waals surface area contributed by atoms with Crippen molar-refractivity contribution in [1.82, 2.24) is 10.2 Å². The highest BCUT2D eigenvalue weighted by Crippen LogP contribution is 2.16. The number of benzene rings is 2. The lowest BCUT2D eigenvalue weighted by Gasteiger charge is -2.32. The zero-order valence-electron chi connectivity index (χ0n) is 17.3. The molecule has 7 nitrogen and oxygen atoms in total. The van der Waals surface area contributed by atoms with Crippen molar-refractivity contribution >= 4 is 18.0 Å². The predicted octanol–water partition coefficient (Wildman–Crippen LogP) is 3.32. The molecule has 0 spiro atoms. The van der Waals surface area contributed by atoms with Gasteiger partial charge in [0, 0.05) is 24.7 Å². The summed E-state index contributed by atoms with van der Waals surface area (Å²) in [5.41, 5.74) is 1.09. The topological polar surface area (TPSA) is 84.9 Å². The third kappa shape index (κ3) is 6.53. The Balaban J connectivity index is 1.45. The normalized spacial score (nSPS) is 14.1. The number of piperidine rings is 1. The third-order valence-electron chi connectivity index (χ3n) is 5.01. The van der Waals surface area contributed by atoms with E-state index in [9.17, 15) is 18.8 Å². The van der Waals surface area contributed by atoms with Gasteiger partial charge in [0.15, 0.2) is 0 Å². The van der Waals surface area contributed by atoms with Crippen LogP contribution >= 0.6 is 0 Å². The Hall–Kier alpha value is -3.42. The summed E-state index contributed by atoms with van der Waals surface area (Å²) in [5.74, 6) is -0.341. The summed E-state index contributed by atoms with van der Waals surface area (Å²) in [5, 5.41) is 2.97. The van der Waals surface area contributed by atoms with E-state index in [2.05, 4.69) is 5.32 Å². The first-order valence-corrected chi connectivity index (χ1v) is 10.2. The average Bonchev–Trinajstić information content (AvgIpc) is 2.75. The summed E-state index contributed by atoms with van der Waals surface area (Å²) in [6, 6.07) is 12.2. The Morgan fingerprint density at radius 3 is 2.45 bits per heavy atom. The van der Waals surface area contributed by atoms with Crippen LogP contribution in [-0.4, -0.2) is 48.6 Å². The molecular formula is C23H25FN2O5. The van der Waals surface area contributed by atoms with Crippen molar-refractivity contribution < 1.29 is 28.2 Å². The second-order valence-corrected chi connectivity index (χ2v) is 7.24. The van der Waals surface area contributed by atoms with Crippen LogP contribution in [0.2, 0.25) is 0 Å². The van der Waals surface area contributed by atoms with Gasteiger partial charge in [0.1, 0.15) is 11.6 Å². The highest BCUT2D eigenvalue weighted by Gasteiger charge is 2.24. The van der Waals surface area contributed by atoms with Gasteiger partial charge in [-0.3, -0.25) is 9.59 Å². The smallest absolute Gasteiger partial charge is 0.434 e. The Kier molecular flexibility index (Phi) is 7.59. The van der Waals surface area contributed by atoms with Crippen LogP contribution in [0.25, 0.3) is 0 Å². The van der Waals surface area contributed by atoms with Gasteiger partial charge in [0.05, 0.1) is 13.0 Å². The molecule has 1 heterocycles. The van der Waals surface area contributed by atoms with E-state index in [-0.39, 0.29) is 36.7 Å². The highest BCUT2D eigenvalue weighted by atomic mass is 19.1. The fourth-order valence-electron chi connectivity index (χ4n) is 3.39. The second-order valence-electron chi connectivity index (χ2n) is 7.24. The van der Waals surface area contributed by atoms with E-state index in [1.165, 1.54) is 24.3 Å². The van der Waals surface area contributed by atoms with E-state index in [1.807, 2.05) is 0 Å². The number of nitrogens with one attached hydrogen (secondary N) is 1. The zero-order valence-corrected chi connectivity index (χ0v) is 17.3. The van der Waals surface area contributed by atoms with E-state index in [4.69, 9.17) is 9.47 Å². The van der Waals surface area contributed by atoms with Crippen LogP contribution in [0.4, 0.5) is 9.18 Å². The van der Waals surface area contributed by atoms with Crippen LogP contribution in [0.1, 0.15) is 35.7 Å². The molecule has 0 saturated carbocycles. The van der Waals surface area contributed by atoms with Crippen LogP contribution < -0.4 is 10.1 Å². The van der Waals surface area contributed by atoms with Crippen molar-refractivity contribution in [2.45, 2.75) is 32.2 Å². The molecule has 1 N–H and O–H groups in total. The number of amides is 2. The first-order chi connectivity index (χ1) is 14.9. The molecule has 8 heteroatoms. The van der Waals surface area contributed by atoms with E-state index in [0.29, 0.717) is 42.8 Å². The molecule has 1 saturated heterocycles. The molecule has 2 aromatic carbocycles. The van der Waals surface area contributed by atoms with Gasteiger partial charge in [-0.1, -0.05) is 12.1 Å². The number of hydrogen-bond acceptors (Lipinski definition) is 5. The molecule has 0 aromatic heterocycles. The maximum atomic E-state index is 13.3. The fourth-order valence-corrected chi connectivity index (χ4v) is 3.39. The molecule has 0 radical (unpaired) electrons. The number of rotatable bonds is 6. The van der Waals surface area contributed by atoms with Crippen LogP contribution in [-0.2, 0) is 16.0 Å². The van der Waals surface area contributed by atoms with Crippen molar-refractivity contribution in [2.24, 2.45) is 0 Å². The van der Waals surface area contributed by atoms with Crippen molar-refractivity contribution in [3.05, 3.63) is 65.5 Å². The van der Waals surface area contributed by atoms with Crippen LogP contribution in [0.3, 0.4) is 0 Å². The SMILES string of the molecule is CCOC(=O)Oc1ccc(C(=O)NC2CCN(C(=O)Cc3cccc(F)c3)CC2)cc1. The standard InChI is InChI=1S/C23H25FN2O5/c1-2-30-23(29)31-20-8-6-17(7-9-20)22(28)25-19-10-12-26(13-11-19)21(27)15-16-4-3-5-18(24)14-16/h3-9,14,19H,2,10-13,15H2,1H3,(H,25,28). The van der Waals surface area contributed by atoms with Crippen LogP contribution in [0.15, 0.2) is 48.5 Å². The molecular weight excluding hydrogens is 403 g/mol. The van der Waals surface area contributed by atoms with Gasteiger partial charge in [-0.2, -0.15) is 0 Å². The van der Waals surface area contributed by atoms with Crippen molar-refractivity contribution in [3.63, 3.8) is 0 Å². The second kappa shape index (κ2) is 10.6. The van der Waals surface area contributed by atoms with Gasteiger partial charge < -0.3 is 19.7 Å². The quantitative estimate of drug-likeness (QED) is 0.564. The number of hydrogen-bond donors (Lipinski definition) is 1. The number of ether oxygens (including phenoxy) is 2. The van der Waals surface area contributed by atoms with Gasteiger partial charge in [0.25, 0.3) is 5.91 Å². The zero-order chi connectivity index (χ0) is 22.2. The van der Waals surface area contributed by atoms with Gasteiger partial charge in [-0.15, -0.1) is 0 Å². The largest absolute Gasteiger partial charge is 0.513 e. The lowest BCUT2D eigenvalue weighted by atomic mass is 10.0. The summed E-state index contributed by atoms with van der Waals surface area (Å²) in [7, 11) is 0.